The fourth-order valence-corrected chi connectivity index (χ4v) is 3.96. The van der Waals surface area contributed by atoms with Crippen LogP contribution in [0.3, 0.4) is 0 Å². The first-order valence-corrected chi connectivity index (χ1v) is 8.30. The van der Waals surface area contributed by atoms with Crippen molar-refractivity contribution in [3.63, 3.8) is 0 Å². The number of rotatable bonds is 4. The van der Waals surface area contributed by atoms with Crippen LogP contribution in [0.5, 0.6) is 0 Å². The summed E-state index contributed by atoms with van der Waals surface area (Å²) < 4.78 is 0. The Morgan fingerprint density at radius 1 is 1.17 bits per heavy atom. The zero-order chi connectivity index (χ0) is 16.4. The molecule has 1 aromatic rings. The van der Waals surface area contributed by atoms with E-state index in [0.29, 0.717) is 29.8 Å². The SMILES string of the molecule is CCNC(=O)Nc1cccc(NC(=O)C2C3CCC(C3)C2N)c1.Cl. The molecule has 2 saturated carbocycles. The van der Waals surface area contributed by atoms with Crippen LogP contribution in [-0.2, 0) is 4.79 Å². The normalized spacial score (nSPS) is 27.2. The number of anilines is 2. The highest BCUT2D eigenvalue weighted by Gasteiger charge is 2.49. The lowest BCUT2D eigenvalue weighted by atomic mass is 9.84. The number of urea groups is 1. The van der Waals surface area contributed by atoms with Crippen LogP contribution in [0.4, 0.5) is 16.2 Å². The summed E-state index contributed by atoms with van der Waals surface area (Å²) in [6.45, 7) is 2.42. The van der Waals surface area contributed by atoms with Crippen molar-refractivity contribution in [1.29, 1.82) is 0 Å². The maximum atomic E-state index is 12.6. The molecule has 0 aromatic heterocycles. The van der Waals surface area contributed by atoms with Gasteiger partial charge in [-0.25, -0.2) is 4.79 Å². The van der Waals surface area contributed by atoms with Crippen LogP contribution in [0.2, 0.25) is 0 Å². The molecule has 3 amide bonds. The molecular formula is C17H25ClN4O2. The van der Waals surface area contributed by atoms with E-state index in [-0.39, 0.29) is 36.3 Å². The van der Waals surface area contributed by atoms with Crippen molar-refractivity contribution in [2.45, 2.75) is 32.2 Å². The molecule has 132 valence electrons. The van der Waals surface area contributed by atoms with Crippen LogP contribution in [0.1, 0.15) is 26.2 Å². The lowest BCUT2D eigenvalue weighted by Gasteiger charge is -2.27. The first-order valence-electron chi connectivity index (χ1n) is 8.30. The summed E-state index contributed by atoms with van der Waals surface area (Å²) in [4.78, 5) is 24.1. The Hall–Kier alpha value is -1.79. The summed E-state index contributed by atoms with van der Waals surface area (Å²) in [5.41, 5.74) is 7.55. The second-order valence-corrected chi connectivity index (χ2v) is 6.49. The zero-order valence-electron chi connectivity index (χ0n) is 13.7. The van der Waals surface area contributed by atoms with E-state index in [9.17, 15) is 9.59 Å². The lowest BCUT2D eigenvalue weighted by Crippen LogP contribution is -2.42. The average Bonchev–Trinajstić information content (AvgIpc) is 3.08. The summed E-state index contributed by atoms with van der Waals surface area (Å²) in [7, 11) is 0. The molecule has 0 aliphatic heterocycles. The number of nitrogens with one attached hydrogen (secondary N) is 3. The number of fused-ring (bicyclic) bond motifs is 2. The van der Waals surface area contributed by atoms with Gasteiger partial charge in [-0.15, -0.1) is 12.4 Å². The Labute approximate surface area is 148 Å². The van der Waals surface area contributed by atoms with Crippen LogP contribution in [-0.4, -0.2) is 24.5 Å². The van der Waals surface area contributed by atoms with E-state index in [1.54, 1.807) is 18.2 Å². The summed E-state index contributed by atoms with van der Waals surface area (Å²) in [5, 5.41) is 8.36. The van der Waals surface area contributed by atoms with Gasteiger partial charge in [0.2, 0.25) is 5.91 Å². The second kappa shape index (κ2) is 7.85. The van der Waals surface area contributed by atoms with E-state index in [2.05, 4.69) is 16.0 Å². The van der Waals surface area contributed by atoms with Gasteiger partial charge in [-0.3, -0.25) is 4.79 Å². The van der Waals surface area contributed by atoms with Gasteiger partial charge in [-0.2, -0.15) is 0 Å². The van der Waals surface area contributed by atoms with Crippen molar-refractivity contribution in [3.8, 4) is 0 Å². The Bertz CT molecular complexity index is 608. The van der Waals surface area contributed by atoms with Gasteiger partial charge in [0.15, 0.2) is 0 Å². The molecule has 3 rings (SSSR count). The van der Waals surface area contributed by atoms with Crippen LogP contribution in [0, 0.1) is 17.8 Å². The number of carbonyl (C=O) groups is 2. The molecule has 7 heteroatoms. The fourth-order valence-electron chi connectivity index (χ4n) is 3.96. The average molecular weight is 353 g/mol. The molecule has 4 atom stereocenters. The van der Waals surface area contributed by atoms with Crippen molar-refractivity contribution in [2.24, 2.45) is 23.5 Å². The minimum absolute atomic E-state index is 0. The highest BCUT2D eigenvalue weighted by atomic mass is 35.5. The second-order valence-electron chi connectivity index (χ2n) is 6.49. The minimum Gasteiger partial charge on any atom is -0.338 e. The predicted molar refractivity (Wildman–Crippen MR) is 97.3 cm³/mol. The Kier molecular flexibility index (Phi) is 6.07. The van der Waals surface area contributed by atoms with E-state index >= 15 is 0 Å². The van der Waals surface area contributed by atoms with Crippen molar-refractivity contribution < 1.29 is 9.59 Å². The molecule has 2 aliphatic carbocycles. The summed E-state index contributed by atoms with van der Waals surface area (Å²) in [6.07, 6.45) is 3.34. The van der Waals surface area contributed by atoms with Crippen molar-refractivity contribution in [2.75, 3.05) is 17.2 Å². The minimum atomic E-state index is -0.258. The number of hydrogen-bond donors (Lipinski definition) is 4. The number of benzene rings is 1. The molecule has 6 nitrogen and oxygen atoms in total. The van der Waals surface area contributed by atoms with E-state index in [1.807, 2.05) is 13.0 Å². The molecule has 1 aromatic carbocycles. The molecule has 0 heterocycles. The Morgan fingerprint density at radius 3 is 2.46 bits per heavy atom. The van der Waals surface area contributed by atoms with Crippen LogP contribution in [0.15, 0.2) is 24.3 Å². The number of halogens is 1. The maximum absolute atomic E-state index is 12.6. The number of carbonyl (C=O) groups excluding carboxylic acids is 2. The van der Waals surface area contributed by atoms with Gasteiger partial charge in [0.25, 0.3) is 0 Å². The van der Waals surface area contributed by atoms with Gasteiger partial charge >= 0.3 is 6.03 Å². The fraction of sp³-hybridized carbons (Fsp3) is 0.529. The molecular weight excluding hydrogens is 328 g/mol. The van der Waals surface area contributed by atoms with Gasteiger partial charge in [0.1, 0.15) is 0 Å². The summed E-state index contributed by atoms with van der Waals surface area (Å²) >= 11 is 0. The topological polar surface area (TPSA) is 96.2 Å². The highest BCUT2D eigenvalue weighted by molar-refractivity contribution is 5.95. The lowest BCUT2D eigenvalue weighted by molar-refractivity contribution is -0.121. The van der Waals surface area contributed by atoms with Crippen LogP contribution >= 0.6 is 12.4 Å². The molecule has 2 bridgehead atoms. The third-order valence-electron chi connectivity index (χ3n) is 5.01. The van der Waals surface area contributed by atoms with Gasteiger partial charge in [-0.05, 0) is 56.2 Å². The van der Waals surface area contributed by atoms with E-state index in [4.69, 9.17) is 5.73 Å². The zero-order valence-corrected chi connectivity index (χ0v) is 14.6. The van der Waals surface area contributed by atoms with E-state index < -0.39 is 0 Å². The first kappa shape index (κ1) is 18.5. The standard InChI is InChI=1S/C17H24N4O2.ClH/c1-2-19-17(23)21-13-5-3-4-12(9-13)20-16(22)14-10-6-7-11(8-10)15(14)18;/h3-5,9-11,14-15H,2,6-8,18H2,1H3,(H,20,22)(H2,19,21,23);1H. The van der Waals surface area contributed by atoms with Crippen LogP contribution in [0.25, 0.3) is 0 Å². The first-order chi connectivity index (χ1) is 11.1. The summed E-state index contributed by atoms with van der Waals surface area (Å²) in [6, 6.07) is 6.88. The molecule has 0 radical (unpaired) electrons. The molecule has 0 saturated heterocycles. The van der Waals surface area contributed by atoms with Gasteiger partial charge in [0.05, 0.1) is 5.92 Å². The van der Waals surface area contributed by atoms with Crippen molar-refractivity contribution >= 4 is 35.7 Å². The van der Waals surface area contributed by atoms with Gasteiger partial charge in [0, 0.05) is 24.0 Å². The Balaban J connectivity index is 0.00000208. The Morgan fingerprint density at radius 2 is 1.83 bits per heavy atom. The molecule has 24 heavy (non-hydrogen) atoms. The highest BCUT2D eigenvalue weighted by Crippen LogP contribution is 2.47. The summed E-state index contributed by atoms with van der Waals surface area (Å²) in [5.74, 6) is 0.835. The largest absolute Gasteiger partial charge is 0.338 e. The number of nitrogens with two attached hydrogens (primary N) is 1. The van der Waals surface area contributed by atoms with Crippen molar-refractivity contribution in [3.05, 3.63) is 24.3 Å². The number of hydrogen-bond acceptors (Lipinski definition) is 3. The molecule has 5 N–H and O–H groups in total. The number of amides is 3. The molecule has 2 fully saturated rings. The predicted octanol–water partition coefficient (Wildman–Crippen LogP) is 2.56. The van der Waals surface area contributed by atoms with Gasteiger partial charge in [-0.1, -0.05) is 6.07 Å². The maximum Gasteiger partial charge on any atom is 0.319 e. The third-order valence-corrected chi connectivity index (χ3v) is 5.01. The van der Waals surface area contributed by atoms with Crippen molar-refractivity contribution in [1.82, 2.24) is 5.32 Å². The molecule has 2 aliphatic rings. The van der Waals surface area contributed by atoms with Crippen LogP contribution < -0.4 is 21.7 Å². The third kappa shape index (κ3) is 3.82. The molecule has 4 unspecified atom stereocenters. The smallest absolute Gasteiger partial charge is 0.319 e. The molecule has 0 spiro atoms. The monoisotopic (exact) mass is 352 g/mol. The van der Waals surface area contributed by atoms with Gasteiger partial charge < -0.3 is 21.7 Å². The van der Waals surface area contributed by atoms with E-state index in [0.717, 1.165) is 19.3 Å². The quantitative estimate of drug-likeness (QED) is 0.670. The van der Waals surface area contributed by atoms with E-state index in [1.165, 1.54) is 0 Å².